The maximum absolute atomic E-state index is 13.3. The van der Waals surface area contributed by atoms with E-state index in [-0.39, 0.29) is 0 Å². The van der Waals surface area contributed by atoms with E-state index in [1.807, 2.05) is 0 Å². The van der Waals surface area contributed by atoms with Gasteiger partial charge in [-0.3, -0.25) is 4.74 Å². The predicted molar refractivity (Wildman–Crippen MR) is 47.9 cm³/mol. The molecule has 0 saturated heterocycles. The zero-order valence-corrected chi connectivity index (χ0v) is 10.2. The second kappa shape index (κ2) is 6.18. The number of halogens is 11. The molecule has 0 aliphatic heterocycles. The predicted octanol–water partition coefficient (Wildman–Crippen LogP) is 4.22. The summed E-state index contributed by atoms with van der Waals surface area (Å²) in [4.78, 5) is 0. The van der Waals surface area contributed by atoms with Crippen LogP contribution in [0.15, 0.2) is 12.7 Å². The molecule has 13 heteroatoms. The molecule has 22 heavy (non-hydrogen) atoms. The number of alkyl halides is 11. The molecular formula is C9H7F11O2. The average molecular weight is 356 g/mol. The molecule has 0 radical (unpaired) electrons. The Morgan fingerprint density at radius 3 is 1.55 bits per heavy atom. The van der Waals surface area contributed by atoms with Gasteiger partial charge >= 0.3 is 30.2 Å². The third-order valence-corrected chi connectivity index (χ3v) is 1.96. The summed E-state index contributed by atoms with van der Waals surface area (Å²) in [5, 5.41) is 0. The Labute approximate surface area is 115 Å². The zero-order chi connectivity index (χ0) is 18.0. The molecule has 1 atom stereocenters. The van der Waals surface area contributed by atoms with Crippen molar-refractivity contribution in [3.8, 4) is 0 Å². The molecule has 0 rings (SSSR count). The minimum absolute atomic E-state index is 0.735. The Morgan fingerprint density at radius 2 is 1.23 bits per heavy atom. The molecule has 2 nitrogen and oxygen atoms in total. The standard InChI is InChI=1S/C9H7F11O2/c1-2-3-21-4-5(10,7(13,14)15)22-9(19,20)6(11,12)8(16,17)18/h2H,1,3-4H2. The number of hydrogen-bond donors (Lipinski definition) is 0. The van der Waals surface area contributed by atoms with Crippen LogP contribution in [0.25, 0.3) is 0 Å². The van der Waals surface area contributed by atoms with Crippen LogP contribution in [-0.4, -0.2) is 43.5 Å². The van der Waals surface area contributed by atoms with Gasteiger partial charge in [0.1, 0.15) is 6.61 Å². The van der Waals surface area contributed by atoms with Gasteiger partial charge in [0.25, 0.3) is 0 Å². The van der Waals surface area contributed by atoms with E-state index in [0.717, 1.165) is 6.08 Å². The summed E-state index contributed by atoms with van der Waals surface area (Å²) in [6, 6.07) is 0. The lowest BCUT2D eigenvalue weighted by Crippen LogP contribution is -2.60. The Hall–Kier alpha value is -1.11. The van der Waals surface area contributed by atoms with E-state index in [1.54, 1.807) is 0 Å². The third kappa shape index (κ3) is 4.21. The fourth-order valence-corrected chi connectivity index (χ4v) is 0.875. The zero-order valence-electron chi connectivity index (χ0n) is 10.2. The van der Waals surface area contributed by atoms with Crippen molar-refractivity contribution in [1.82, 2.24) is 0 Å². The van der Waals surface area contributed by atoms with Crippen molar-refractivity contribution in [1.29, 1.82) is 0 Å². The quantitative estimate of drug-likeness (QED) is 0.386. The van der Waals surface area contributed by atoms with Crippen LogP contribution in [0.2, 0.25) is 0 Å². The van der Waals surface area contributed by atoms with Gasteiger partial charge in [-0.25, -0.2) is 0 Å². The van der Waals surface area contributed by atoms with Gasteiger partial charge in [-0.2, -0.15) is 48.3 Å². The van der Waals surface area contributed by atoms with Crippen molar-refractivity contribution >= 4 is 0 Å². The lowest BCUT2D eigenvalue weighted by molar-refractivity contribution is -0.486. The minimum atomic E-state index is -7.07. The van der Waals surface area contributed by atoms with Crippen LogP contribution in [0.3, 0.4) is 0 Å². The van der Waals surface area contributed by atoms with Crippen LogP contribution in [0.1, 0.15) is 0 Å². The maximum atomic E-state index is 13.3. The largest absolute Gasteiger partial charge is 0.462 e. The molecule has 0 spiro atoms. The van der Waals surface area contributed by atoms with Crippen LogP contribution < -0.4 is 0 Å². The summed E-state index contributed by atoms with van der Waals surface area (Å²) in [5.41, 5.74) is 0. The van der Waals surface area contributed by atoms with Crippen molar-refractivity contribution in [3.63, 3.8) is 0 Å². The van der Waals surface area contributed by atoms with Crippen molar-refractivity contribution in [2.24, 2.45) is 0 Å². The molecule has 1 unspecified atom stereocenters. The molecule has 132 valence electrons. The molecule has 0 N–H and O–H groups in total. The summed E-state index contributed by atoms with van der Waals surface area (Å²) >= 11 is 0. The van der Waals surface area contributed by atoms with Crippen molar-refractivity contribution in [2.75, 3.05) is 13.2 Å². The van der Waals surface area contributed by atoms with Gasteiger partial charge in [-0.05, 0) is 0 Å². The van der Waals surface area contributed by atoms with Crippen molar-refractivity contribution in [3.05, 3.63) is 12.7 Å². The summed E-state index contributed by atoms with van der Waals surface area (Å²) in [6.45, 7) is -0.349. The van der Waals surface area contributed by atoms with E-state index in [9.17, 15) is 48.3 Å². The molecule has 0 aliphatic carbocycles. The molecular weight excluding hydrogens is 349 g/mol. The maximum Gasteiger partial charge on any atom is 0.462 e. The van der Waals surface area contributed by atoms with Crippen molar-refractivity contribution < 1.29 is 57.8 Å². The Morgan fingerprint density at radius 1 is 0.773 bits per heavy atom. The fraction of sp³-hybridized carbons (Fsp3) is 0.778. The van der Waals surface area contributed by atoms with Crippen LogP contribution in [0.4, 0.5) is 48.3 Å². The van der Waals surface area contributed by atoms with Crippen molar-refractivity contribution in [2.45, 2.75) is 30.2 Å². The van der Waals surface area contributed by atoms with Crippen LogP contribution in [0, 0.1) is 0 Å². The van der Waals surface area contributed by atoms with E-state index in [2.05, 4.69) is 16.1 Å². The lowest BCUT2D eigenvalue weighted by Gasteiger charge is -2.34. The number of hydrogen-bond acceptors (Lipinski definition) is 2. The smallest absolute Gasteiger partial charge is 0.371 e. The van der Waals surface area contributed by atoms with Gasteiger partial charge < -0.3 is 4.74 Å². The lowest BCUT2D eigenvalue weighted by atomic mass is 10.2. The van der Waals surface area contributed by atoms with Crippen LogP contribution in [-0.2, 0) is 9.47 Å². The normalized spacial score (nSPS) is 17.2. The van der Waals surface area contributed by atoms with Gasteiger partial charge in [0.05, 0.1) is 6.61 Å². The first-order chi connectivity index (χ1) is 9.52. The average Bonchev–Trinajstić information content (AvgIpc) is 2.25. The highest BCUT2D eigenvalue weighted by molar-refractivity contribution is 4.89. The van der Waals surface area contributed by atoms with E-state index < -0.39 is 43.5 Å². The Bertz CT molecular complexity index is 386. The SMILES string of the molecule is C=CCOCC(F)(OC(F)(F)C(F)(F)C(F)(F)F)C(F)(F)F. The Balaban J connectivity index is 5.51. The molecule has 0 heterocycles. The molecule has 0 aromatic rings. The summed E-state index contributed by atoms with van der Waals surface area (Å²) < 4.78 is 142. The Kier molecular flexibility index (Phi) is 5.87. The van der Waals surface area contributed by atoms with Gasteiger partial charge in [0, 0.05) is 0 Å². The van der Waals surface area contributed by atoms with E-state index in [4.69, 9.17) is 0 Å². The first kappa shape index (κ1) is 20.9. The summed E-state index contributed by atoms with van der Waals surface area (Å²) in [6.07, 6.45) is -19.5. The highest BCUT2D eigenvalue weighted by atomic mass is 19.4. The molecule has 0 fully saturated rings. The summed E-state index contributed by atoms with van der Waals surface area (Å²) in [5.74, 6) is -12.7. The molecule has 0 aromatic carbocycles. The first-order valence-corrected chi connectivity index (χ1v) is 4.98. The minimum Gasteiger partial charge on any atom is -0.371 e. The van der Waals surface area contributed by atoms with Gasteiger partial charge in [0.2, 0.25) is 0 Å². The number of ether oxygens (including phenoxy) is 2. The molecule has 0 saturated carbocycles. The molecule has 0 aromatic heterocycles. The van der Waals surface area contributed by atoms with Crippen LogP contribution in [0.5, 0.6) is 0 Å². The van der Waals surface area contributed by atoms with Gasteiger partial charge in [-0.15, -0.1) is 6.58 Å². The third-order valence-electron chi connectivity index (χ3n) is 1.96. The highest BCUT2D eigenvalue weighted by Crippen LogP contribution is 2.50. The highest BCUT2D eigenvalue weighted by Gasteiger charge is 2.78. The number of rotatable bonds is 7. The topological polar surface area (TPSA) is 18.5 Å². The van der Waals surface area contributed by atoms with E-state index in [0.29, 0.717) is 0 Å². The summed E-state index contributed by atoms with van der Waals surface area (Å²) in [7, 11) is 0. The van der Waals surface area contributed by atoms with Gasteiger partial charge in [-0.1, -0.05) is 6.08 Å². The monoisotopic (exact) mass is 356 g/mol. The van der Waals surface area contributed by atoms with Gasteiger partial charge in [0.15, 0.2) is 0 Å². The molecule has 0 bridgehead atoms. The second-order valence-corrected chi connectivity index (χ2v) is 3.72. The molecule has 0 aliphatic rings. The first-order valence-electron chi connectivity index (χ1n) is 4.98. The molecule has 0 amide bonds. The second-order valence-electron chi connectivity index (χ2n) is 3.72. The van der Waals surface area contributed by atoms with E-state index >= 15 is 0 Å². The van der Waals surface area contributed by atoms with Crippen LogP contribution >= 0.6 is 0 Å². The fourth-order valence-electron chi connectivity index (χ4n) is 0.875. The van der Waals surface area contributed by atoms with E-state index in [1.165, 1.54) is 0 Å².